The van der Waals surface area contributed by atoms with Gasteiger partial charge in [-0.1, -0.05) is 41.4 Å². The van der Waals surface area contributed by atoms with Gasteiger partial charge in [-0.25, -0.2) is 4.79 Å². The highest BCUT2D eigenvalue weighted by molar-refractivity contribution is 6.35. The average Bonchev–Trinajstić information content (AvgIpc) is 2.78. The molecule has 0 amide bonds. The largest absolute Gasteiger partial charge is 0.489 e. The Balaban J connectivity index is 1.19. The SMILES string of the molecule is O=C(O)c1ccccc1CN1CCC(CN2CCC(Oc3ccc(Cl)cc3Cl)CC2)CC1. The second-order valence-corrected chi connectivity index (χ2v) is 9.72. The number of halogens is 2. The monoisotopic (exact) mass is 476 g/mol. The van der Waals surface area contributed by atoms with Crippen molar-refractivity contribution in [1.82, 2.24) is 9.80 Å². The second kappa shape index (κ2) is 10.9. The van der Waals surface area contributed by atoms with E-state index in [1.807, 2.05) is 24.3 Å². The lowest BCUT2D eigenvalue weighted by molar-refractivity contribution is 0.0691. The van der Waals surface area contributed by atoms with Crippen molar-refractivity contribution < 1.29 is 14.6 Å². The fraction of sp³-hybridized carbons (Fsp3) is 0.480. The Labute approximate surface area is 199 Å². The summed E-state index contributed by atoms with van der Waals surface area (Å²) in [6.07, 6.45) is 4.52. The van der Waals surface area contributed by atoms with Crippen LogP contribution in [-0.4, -0.2) is 59.7 Å². The van der Waals surface area contributed by atoms with Gasteiger partial charge in [0.1, 0.15) is 11.9 Å². The van der Waals surface area contributed by atoms with Crippen molar-refractivity contribution in [3.05, 3.63) is 63.6 Å². The molecule has 0 bridgehead atoms. The molecule has 1 N–H and O–H groups in total. The number of carbonyl (C=O) groups is 1. The zero-order valence-corrected chi connectivity index (χ0v) is 19.7. The summed E-state index contributed by atoms with van der Waals surface area (Å²) in [5, 5.41) is 10.6. The molecule has 172 valence electrons. The molecule has 2 fully saturated rings. The van der Waals surface area contributed by atoms with Crippen LogP contribution in [0.4, 0.5) is 0 Å². The fourth-order valence-electron chi connectivity index (χ4n) is 4.76. The summed E-state index contributed by atoms with van der Waals surface area (Å²) in [4.78, 5) is 16.4. The summed E-state index contributed by atoms with van der Waals surface area (Å²) in [7, 11) is 0. The van der Waals surface area contributed by atoms with Gasteiger partial charge in [-0.3, -0.25) is 4.90 Å². The molecule has 0 aromatic heterocycles. The minimum absolute atomic E-state index is 0.195. The molecule has 4 rings (SSSR count). The number of hydrogen-bond donors (Lipinski definition) is 1. The minimum atomic E-state index is -0.846. The second-order valence-electron chi connectivity index (χ2n) is 8.87. The molecule has 2 heterocycles. The Morgan fingerprint density at radius 1 is 0.969 bits per heavy atom. The molecule has 0 atom stereocenters. The van der Waals surface area contributed by atoms with Crippen LogP contribution in [-0.2, 0) is 6.54 Å². The first-order chi connectivity index (χ1) is 15.5. The van der Waals surface area contributed by atoms with Gasteiger partial charge in [-0.2, -0.15) is 0 Å². The molecule has 5 nitrogen and oxygen atoms in total. The highest BCUT2D eigenvalue weighted by Gasteiger charge is 2.26. The van der Waals surface area contributed by atoms with Gasteiger partial charge >= 0.3 is 5.97 Å². The number of likely N-dealkylation sites (tertiary alicyclic amines) is 2. The Morgan fingerprint density at radius 2 is 1.66 bits per heavy atom. The van der Waals surface area contributed by atoms with Crippen LogP contribution in [0.5, 0.6) is 5.75 Å². The maximum atomic E-state index is 11.4. The molecular formula is C25H30Cl2N2O3. The van der Waals surface area contributed by atoms with Crippen molar-refractivity contribution in [2.24, 2.45) is 5.92 Å². The van der Waals surface area contributed by atoms with Crippen LogP contribution >= 0.6 is 23.2 Å². The van der Waals surface area contributed by atoms with E-state index in [0.717, 1.165) is 64.0 Å². The van der Waals surface area contributed by atoms with Crippen LogP contribution in [0.25, 0.3) is 0 Å². The molecule has 0 unspecified atom stereocenters. The van der Waals surface area contributed by atoms with Crippen LogP contribution in [0, 0.1) is 5.92 Å². The van der Waals surface area contributed by atoms with Gasteiger partial charge in [0.25, 0.3) is 0 Å². The molecule has 2 aromatic rings. The van der Waals surface area contributed by atoms with Crippen molar-refractivity contribution >= 4 is 29.2 Å². The Morgan fingerprint density at radius 3 is 2.34 bits per heavy atom. The predicted octanol–water partition coefficient (Wildman–Crippen LogP) is 5.45. The van der Waals surface area contributed by atoms with E-state index in [9.17, 15) is 9.90 Å². The third kappa shape index (κ3) is 6.16. The van der Waals surface area contributed by atoms with Crippen LogP contribution < -0.4 is 4.74 Å². The van der Waals surface area contributed by atoms with Gasteiger partial charge < -0.3 is 14.7 Å². The van der Waals surface area contributed by atoms with Crippen molar-refractivity contribution in [3.8, 4) is 5.75 Å². The normalized spacial score (nSPS) is 19.2. The predicted molar refractivity (Wildman–Crippen MR) is 128 cm³/mol. The fourth-order valence-corrected chi connectivity index (χ4v) is 5.21. The van der Waals surface area contributed by atoms with E-state index in [0.29, 0.717) is 33.8 Å². The number of carboxylic acid groups (broad SMARTS) is 1. The molecule has 0 saturated carbocycles. The number of ether oxygens (including phenoxy) is 1. The summed E-state index contributed by atoms with van der Waals surface area (Å²) in [5.41, 5.74) is 1.32. The maximum Gasteiger partial charge on any atom is 0.336 e. The van der Waals surface area contributed by atoms with E-state index < -0.39 is 5.97 Å². The molecule has 32 heavy (non-hydrogen) atoms. The first kappa shape index (κ1) is 23.4. The maximum absolute atomic E-state index is 11.4. The number of rotatable bonds is 7. The average molecular weight is 477 g/mol. The first-order valence-corrected chi connectivity index (χ1v) is 12.1. The molecule has 2 aliphatic heterocycles. The topological polar surface area (TPSA) is 53.0 Å². The molecule has 2 aromatic carbocycles. The third-order valence-corrected chi connectivity index (χ3v) is 7.12. The van der Waals surface area contributed by atoms with Crippen LogP contribution in [0.1, 0.15) is 41.6 Å². The van der Waals surface area contributed by atoms with Crippen molar-refractivity contribution in [2.75, 3.05) is 32.7 Å². The standard InChI is InChI=1S/C25H30Cl2N2O3/c26-20-5-6-24(23(27)15-20)32-21-9-13-28(14-10-21)16-18-7-11-29(12-8-18)17-19-3-1-2-4-22(19)25(30)31/h1-6,15,18,21H,7-14,16-17H2,(H,30,31). The molecule has 0 spiro atoms. The smallest absolute Gasteiger partial charge is 0.336 e. The van der Waals surface area contributed by atoms with Gasteiger partial charge in [0, 0.05) is 31.2 Å². The summed E-state index contributed by atoms with van der Waals surface area (Å²) in [6, 6.07) is 12.7. The zero-order valence-electron chi connectivity index (χ0n) is 18.2. The highest BCUT2D eigenvalue weighted by Crippen LogP contribution is 2.30. The lowest BCUT2D eigenvalue weighted by atomic mass is 9.94. The molecular weight excluding hydrogens is 447 g/mol. The van der Waals surface area contributed by atoms with Crippen molar-refractivity contribution in [3.63, 3.8) is 0 Å². The van der Waals surface area contributed by atoms with Gasteiger partial charge in [0.05, 0.1) is 10.6 Å². The van der Waals surface area contributed by atoms with E-state index >= 15 is 0 Å². The number of piperidine rings is 2. The number of carboxylic acids is 1. The van der Waals surface area contributed by atoms with E-state index in [4.69, 9.17) is 27.9 Å². The lowest BCUT2D eigenvalue weighted by Crippen LogP contribution is -2.43. The van der Waals surface area contributed by atoms with E-state index in [1.54, 1.807) is 18.2 Å². The van der Waals surface area contributed by atoms with Crippen molar-refractivity contribution in [2.45, 2.75) is 38.3 Å². The highest BCUT2D eigenvalue weighted by atomic mass is 35.5. The first-order valence-electron chi connectivity index (χ1n) is 11.4. The molecule has 2 aliphatic rings. The van der Waals surface area contributed by atoms with E-state index in [2.05, 4.69) is 9.80 Å². The summed E-state index contributed by atoms with van der Waals surface area (Å²) in [6.45, 7) is 5.98. The summed E-state index contributed by atoms with van der Waals surface area (Å²) in [5.74, 6) is 0.566. The van der Waals surface area contributed by atoms with E-state index in [-0.39, 0.29) is 6.10 Å². The third-order valence-electron chi connectivity index (χ3n) is 6.59. The summed E-state index contributed by atoms with van der Waals surface area (Å²) >= 11 is 12.2. The van der Waals surface area contributed by atoms with Gasteiger partial charge in [0.2, 0.25) is 0 Å². The number of nitrogens with zero attached hydrogens (tertiary/aromatic N) is 2. The Hall–Kier alpha value is -1.79. The molecule has 0 aliphatic carbocycles. The zero-order chi connectivity index (χ0) is 22.5. The van der Waals surface area contributed by atoms with Gasteiger partial charge in [-0.05, 0) is 74.5 Å². The lowest BCUT2D eigenvalue weighted by Gasteiger charge is -2.37. The van der Waals surface area contributed by atoms with Crippen molar-refractivity contribution in [1.29, 1.82) is 0 Å². The summed E-state index contributed by atoms with van der Waals surface area (Å²) < 4.78 is 6.11. The van der Waals surface area contributed by atoms with Crippen LogP contribution in [0.3, 0.4) is 0 Å². The van der Waals surface area contributed by atoms with E-state index in [1.165, 1.54) is 0 Å². The van der Waals surface area contributed by atoms with Crippen LogP contribution in [0.2, 0.25) is 10.0 Å². The minimum Gasteiger partial charge on any atom is -0.489 e. The van der Waals surface area contributed by atoms with Gasteiger partial charge in [0.15, 0.2) is 0 Å². The Kier molecular flexibility index (Phi) is 7.95. The van der Waals surface area contributed by atoms with Crippen LogP contribution in [0.15, 0.2) is 42.5 Å². The molecule has 2 saturated heterocycles. The number of aromatic carboxylic acids is 1. The van der Waals surface area contributed by atoms with Gasteiger partial charge in [-0.15, -0.1) is 0 Å². The molecule has 0 radical (unpaired) electrons. The quantitative estimate of drug-likeness (QED) is 0.575. The Bertz CT molecular complexity index is 923. The number of hydrogen-bond acceptors (Lipinski definition) is 4. The molecule has 7 heteroatoms. The number of benzene rings is 2.